The van der Waals surface area contributed by atoms with E-state index in [0.29, 0.717) is 6.04 Å². The van der Waals surface area contributed by atoms with Gasteiger partial charge in [0.1, 0.15) is 5.82 Å². The highest BCUT2D eigenvalue weighted by molar-refractivity contribution is 4.94. The second kappa shape index (κ2) is 6.26. The van der Waals surface area contributed by atoms with E-state index in [4.69, 9.17) is 6.42 Å². The minimum Gasteiger partial charge on any atom is -0.334 e. The first-order valence-corrected chi connectivity index (χ1v) is 5.44. The highest BCUT2D eigenvalue weighted by Crippen LogP contribution is 2.00. The minimum absolute atomic E-state index is 0.349. The Morgan fingerprint density at radius 3 is 3.13 bits per heavy atom. The van der Waals surface area contributed by atoms with Crippen molar-refractivity contribution in [2.75, 3.05) is 0 Å². The molecule has 0 aliphatic rings. The van der Waals surface area contributed by atoms with Gasteiger partial charge in [-0.3, -0.25) is 0 Å². The van der Waals surface area contributed by atoms with E-state index in [-0.39, 0.29) is 0 Å². The number of terminal acetylenes is 1. The molecular formula is C12H19N3. The van der Waals surface area contributed by atoms with Crippen molar-refractivity contribution in [2.45, 2.75) is 45.8 Å². The van der Waals surface area contributed by atoms with Crippen molar-refractivity contribution in [1.29, 1.82) is 0 Å². The van der Waals surface area contributed by atoms with Crippen molar-refractivity contribution in [3.8, 4) is 12.3 Å². The first-order chi connectivity index (χ1) is 7.27. The molecular weight excluding hydrogens is 186 g/mol. The molecule has 3 heteroatoms. The molecule has 0 saturated carbocycles. The summed E-state index contributed by atoms with van der Waals surface area (Å²) in [7, 11) is 0. The summed E-state index contributed by atoms with van der Waals surface area (Å²) < 4.78 is 2.18. The number of nitrogens with one attached hydrogen (secondary N) is 1. The summed E-state index contributed by atoms with van der Waals surface area (Å²) in [6.45, 7) is 6.07. The Balaban J connectivity index is 2.43. The predicted molar refractivity (Wildman–Crippen MR) is 62.3 cm³/mol. The Morgan fingerprint density at radius 2 is 2.47 bits per heavy atom. The monoisotopic (exact) mass is 205 g/mol. The van der Waals surface area contributed by atoms with Crippen LogP contribution in [-0.2, 0) is 13.1 Å². The van der Waals surface area contributed by atoms with Crippen molar-refractivity contribution < 1.29 is 0 Å². The fourth-order valence-corrected chi connectivity index (χ4v) is 1.47. The van der Waals surface area contributed by atoms with Gasteiger partial charge in [-0.05, 0) is 13.3 Å². The van der Waals surface area contributed by atoms with E-state index in [1.807, 2.05) is 12.4 Å². The Bertz CT molecular complexity index is 322. The number of rotatable bonds is 6. The van der Waals surface area contributed by atoms with Gasteiger partial charge in [0, 0.05) is 31.4 Å². The lowest BCUT2D eigenvalue weighted by Gasteiger charge is -2.11. The van der Waals surface area contributed by atoms with Crippen LogP contribution >= 0.6 is 0 Å². The van der Waals surface area contributed by atoms with Crippen molar-refractivity contribution in [1.82, 2.24) is 14.9 Å². The highest BCUT2D eigenvalue weighted by atomic mass is 15.1. The molecule has 1 rings (SSSR count). The number of aromatic nitrogens is 2. The van der Waals surface area contributed by atoms with Crippen molar-refractivity contribution in [3.05, 3.63) is 18.2 Å². The van der Waals surface area contributed by atoms with E-state index in [9.17, 15) is 0 Å². The maximum absolute atomic E-state index is 5.25. The van der Waals surface area contributed by atoms with Crippen LogP contribution < -0.4 is 5.32 Å². The Hall–Kier alpha value is -1.27. The molecule has 1 heterocycles. The van der Waals surface area contributed by atoms with Gasteiger partial charge in [0.25, 0.3) is 0 Å². The lowest BCUT2D eigenvalue weighted by Crippen LogP contribution is -2.26. The number of hydrogen-bond acceptors (Lipinski definition) is 2. The lowest BCUT2D eigenvalue weighted by atomic mass is 10.2. The maximum atomic E-state index is 5.25. The van der Waals surface area contributed by atoms with E-state index in [1.165, 1.54) is 0 Å². The molecule has 0 radical (unpaired) electrons. The molecule has 0 aliphatic carbocycles. The average molecular weight is 205 g/mol. The number of nitrogens with zero attached hydrogens (tertiary/aromatic N) is 2. The minimum atomic E-state index is 0.349. The number of imidazole rings is 1. The summed E-state index contributed by atoms with van der Waals surface area (Å²) in [4.78, 5) is 4.32. The molecule has 1 aromatic rings. The largest absolute Gasteiger partial charge is 0.334 e. The van der Waals surface area contributed by atoms with Crippen LogP contribution in [0.5, 0.6) is 0 Å². The van der Waals surface area contributed by atoms with E-state index in [2.05, 4.69) is 34.6 Å². The maximum Gasteiger partial charge on any atom is 0.122 e. The molecule has 0 bridgehead atoms. The summed E-state index contributed by atoms with van der Waals surface area (Å²) in [6.07, 6.45) is 11.0. The quantitative estimate of drug-likeness (QED) is 0.718. The van der Waals surface area contributed by atoms with E-state index in [1.54, 1.807) is 0 Å². The topological polar surface area (TPSA) is 29.9 Å². The molecule has 1 N–H and O–H groups in total. The smallest absolute Gasteiger partial charge is 0.122 e. The number of aryl methyl sites for hydroxylation is 1. The molecule has 0 fully saturated rings. The molecule has 82 valence electrons. The first-order valence-electron chi connectivity index (χ1n) is 5.44. The van der Waals surface area contributed by atoms with Crippen LogP contribution in [0.1, 0.15) is 32.5 Å². The Kier molecular flexibility index (Phi) is 4.92. The van der Waals surface area contributed by atoms with Crippen molar-refractivity contribution in [2.24, 2.45) is 0 Å². The molecule has 1 unspecified atom stereocenters. The van der Waals surface area contributed by atoms with Crippen LogP contribution in [0.2, 0.25) is 0 Å². The molecule has 0 saturated heterocycles. The summed E-state index contributed by atoms with van der Waals surface area (Å²) in [5.41, 5.74) is 0. The van der Waals surface area contributed by atoms with Gasteiger partial charge >= 0.3 is 0 Å². The average Bonchev–Trinajstić information content (AvgIpc) is 2.64. The van der Waals surface area contributed by atoms with E-state index in [0.717, 1.165) is 31.8 Å². The van der Waals surface area contributed by atoms with Gasteiger partial charge in [-0.25, -0.2) is 4.98 Å². The van der Waals surface area contributed by atoms with E-state index < -0.39 is 0 Å². The molecule has 0 aliphatic heterocycles. The zero-order valence-corrected chi connectivity index (χ0v) is 9.53. The zero-order valence-electron chi connectivity index (χ0n) is 9.53. The normalized spacial score (nSPS) is 12.3. The molecule has 0 spiro atoms. The standard InChI is InChI=1S/C12H19N3/c1-4-6-11(3)14-10-12-13-7-9-15(12)8-5-2/h1,7,9,11,14H,5-6,8,10H2,2-3H3. The van der Waals surface area contributed by atoms with Crippen LogP contribution in [0.4, 0.5) is 0 Å². The third-order valence-corrected chi connectivity index (χ3v) is 2.30. The van der Waals surface area contributed by atoms with Gasteiger partial charge in [0.05, 0.1) is 6.54 Å². The van der Waals surface area contributed by atoms with Crippen LogP contribution in [-0.4, -0.2) is 15.6 Å². The van der Waals surface area contributed by atoms with E-state index >= 15 is 0 Å². The van der Waals surface area contributed by atoms with Gasteiger partial charge in [-0.1, -0.05) is 6.92 Å². The summed E-state index contributed by atoms with van der Waals surface area (Å²) >= 11 is 0. The van der Waals surface area contributed by atoms with Gasteiger partial charge in [-0.2, -0.15) is 0 Å². The van der Waals surface area contributed by atoms with Gasteiger partial charge in [0.2, 0.25) is 0 Å². The molecule has 3 nitrogen and oxygen atoms in total. The Labute approximate surface area is 91.9 Å². The second-order valence-electron chi connectivity index (χ2n) is 3.73. The second-order valence-corrected chi connectivity index (χ2v) is 3.73. The van der Waals surface area contributed by atoms with Crippen molar-refractivity contribution >= 4 is 0 Å². The molecule has 15 heavy (non-hydrogen) atoms. The Morgan fingerprint density at radius 1 is 1.67 bits per heavy atom. The van der Waals surface area contributed by atoms with Crippen LogP contribution in [0, 0.1) is 12.3 Å². The van der Waals surface area contributed by atoms with Gasteiger partial charge in [0.15, 0.2) is 0 Å². The summed E-state index contributed by atoms with van der Waals surface area (Å²) in [5, 5.41) is 3.36. The van der Waals surface area contributed by atoms with Crippen LogP contribution in [0.15, 0.2) is 12.4 Å². The third kappa shape index (κ3) is 3.77. The van der Waals surface area contributed by atoms with Gasteiger partial charge in [-0.15, -0.1) is 12.3 Å². The first kappa shape index (κ1) is 11.8. The van der Waals surface area contributed by atoms with Gasteiger partial charge < -0.3 is 9.88 Å². The lowest BCUT2D eigenvalue weighted by molar-refractivity contribution is 0.523. The molecule has 0 aromatic carbocycles. The third-order valence-electron chi connectivity index (χ3n) is 2.30. The number of hydrogen-bond donors (Lipinski definition) is 1. The van der Waals surface area contributed by atoms with Crippen molar-refractivity contribution in [3.63, 3.8) is 0 Å². The fraction of sp³-hybridized carbons (Fsp3) is 0.583. The fourth-order valence-electron chi connectivity index (χ4n) is 1.47. The SMILES string of the molecule is C#CCC(C)NCc1nccn1CCC. The zero-order chi connectivity index (χ0) is 11.1. The molecule has 1 atom stereocenters. The molecule has 1 aromatic heterocycles. The molecule has 0 amide bonds. The predicted octanol–water partition coefficient (Wildman–Crippen LogP) is 1.79. The summed E-state index contributed by atoms with van der Waals surface area (Å²) in [5.74, 6) is 3.73. The van der Waals surface area contributed by atoms with Crippen LogP contribution in [0.25, 0.3) is 0 Å². The van der Waals surface area contributed by atoms with Crippen LogP contribution in [0.3, 0.4) is 0 Å². The summed E-state index contributed by atoms with van der Waals surface area (Å²) in [6, 6.07) is 0.349. The highest BCUT2D eigenvalue weighted by Gasteiger charge is 2.03.